The fourth-order valence-corrected chi connectivity index (χ4v) is 0.706. The normalized spacial score (nSPS) is 12.2. The number of hydrogen-bond acceptors (Lipinski definition) is 3. The Bertz CT molecular complexity index is 297. The van der Waals surface area contributed by atoms with Crippen LogP contribution < -0.4 is 11.1 Å². The molecule has 1 rings (SSSR count). The van der Waals surface area contributed by atoms with Gasteiger partial charge in [0.05, 0.1) is 17.9 Å². The first-order valence-electron chi connectivity index (χ1n) is 3.77. The third kappa shape index (κ3) is 2.79. The highest BCUT2D eigenvalue weighted by Crippen LogP contribution is 2.04. The van der Waals surface area contributed by atoms with Crippen molar-refractivity contribution in [3.63, 3.8) is 0 Å². The van der Waals surface area contributed by atoms with Gasteiger partial charge in [-0.3, -0.25) is 4.79 Å². The Morgan fingerprint density at radius 2 is 2.38 bits per heavy atom. The van der Waals surface area contributed by atoms with Crippen molar-refractivity contribution in [3.05, 3.63) is 24.3 Å². The van der Waals surface area contributed by atoms with Gasteiger partial charge in [-0.25, -0.2) is 4.98 Å². The zero-order valence-corrected chi connectivity index (χ0v) is 7.12. The molecule has 5 heteroatoms. The predicted octanol–water partition coefficient (Wildman–Crippen LogP) is 0.506. The molecule has 0 radical (unpaired) electrons. The van der Waals surface area contributed by atoms with E-state index in [-0.39, 0.29) is 5.91 Å². The van der Waals surface area contributed by atoms with Gasteiger partial charge in [0.2, 0.25) is 11.9 Å². The van der Waals surface area contributed by atoms with Crippen LogP contribution in [0, 0.1) is 5.95 Å². The summed E-state index contributed by atoms with van der Waals surface area (Å²) in [5, 5.41) is 2.48. The first-order chi connectivity index (χ1) is 6.09. The molecule has 0 bridgehead atoms. The van der Waals surface area contributed by atoms with E-state index in [4.69, 9.17) is 5.73 Å². The molecule has 13 heavy (non-hydrogen) atoms. The summed E-state index contributed by atoms with van der Waals surface area (Å²) in [5.74, 6) is -0.910. The van der Waals surface area contributed by atoms with Crippen LogP contribution in [-0.2, 0) is 4.79 Å². The lowest BCUT2D eigenvalue weighted by atomic mass is 10.3. The Balaban J connectivity index is 2.65. The van der Waals surface area contributed by atoms with Gasteiger partial charge in [-0.15, -0.1) is 0 Å². The van der Waals surface area contributed by atoms with Crippen LogP contribution in [0.15, 0.2) is 18.3 Å². The van der Waals surface area contributed by atoms with Crippen molar-refractivity contribution >= 4 is 11.6 Å². The number of nitrogens with one attached hydrogen (secondary N) is 1. The average Bonchev–Trinajstić information content (AvgIpc) is 2.08. The first kappa shape index (κ1) is 9.60. The van der Waals surface area contributed by atoms with Crippen molar-refractivity contribution in [2.75, 3.05) is 5.32 Å². The summed E-state index contributed by atoms with van der Waals surface area (Å²) in [4.78, 5) is 14.4. The Labute approximate surface area is 75.0 Å². The fourth-order valence-electron chi connectivity index (χ4n) is 0.706. The van der Waals surface area contributed by atoms with Crippen molar-refractivity contribution < 1.29 is 9.18 Å². The minimum Gasteiger partial charge on any atom is -0.323 e. The maximum Gasteiger partial charge on any atom is 0.241 e. The van der Waals surface area contributed by atoms with E-state index in [0.29, 0.717) is 5.69 Å². The Kier molecular flexibility index (Phi) is 2.92. The second-order valence-corrected chi connectivity index (χ2v) is 2.65. The van der Waals surface area contributed by atoms with Gasteiger partial charge in [0, 0.05) is 0 Å². The lowest BCUT2D eigenvalue weighted by Crippen LogP contribution is -2.32. The van der Waals surface area contributed by atoms with Crippen LogP contribution in [0.2, 0.25) is 0 Å². The molecule has 0 fully saturated rings. The van der Waals surface area contributed by atoms with Crippen LogP contribution in [0.5, 0.6) is 0 Å². The molecule has 1 heterocycles. The first-order valence-corrected chi connectivity index (χ1v) is 3.77. The van der Waals surface area contributed by atoms with Gasteiger partial charge in [-0.05, 0) is 19.1 Å². The third-order valence-corrected chi connectivity index (χ3v) is 1.41. The van der Waals surface area contributed by atoms with E-state index in [9.17, 15) is 9.18 Å². The van der Waals surface area contributed by atoms with Crippen LogP contribution in [0.4, 0.5) is 10.1 Å². The summed E-state index contributed by atoms with van der Waals surface area (Å²) < 4.78 is 12.3. The SMILES string of the molecule is C[C@H](N)C(=O)Nc1ccc(F)nc1. The number of anilines is 1. The van der Waals surface area contributed by atoms with E-state index in [2.05, 4.69) is 10.3 Å². The van der Waals surface area contributed by atoms with Gasteiger partial charge < -0.3 is 11.1 Å². The Morgan fingerprint density at radius 3 is 2.85 bits per heavy atom. The zero-order chi connectivity index (χ0) is 9.84. The summed E-state index contributed by atoms with van der Waals surface area (Å²) in [6.07, 6.45) is 1.23. The van der Waals surface area contributed by atoms with E-state index in [1.165, 1.54) is 12.3 Å². The van der Waals surface area contributed by atoms with E-state index in [1.807, 2.05) is 0 Å². The van der Waals surface area contributed by atoms with Crippen LogP contribution in [0.1, 0.15) is 6.92 Å². The summed E-state index contributed by atoms with van der Waals surface area (Å²) in [7, 11) is 0. The average molecular weight is 183 g/mol. The van der Waals surface area contributed by atoms with E-state index in [0.717, 1.165) is 6.07 Å². The number of carbonyl (C=O) groups excluding carboxylic acids is 1. The number of aromatic nitrogens is 1. The van der Waals surface area contributed by atoms with Gasteiger partial charge in [-0.1, -0.05) is 0 Å². The molecular weight excluding hydrogens is 173 g/mol. The molecule has 0 spiro atoms. The molecule has 0 aromatic carbocycles. The van der Waals surface area contributed by atoms with Crippen molar-refractivity contribution in [2.24, 2.45) is 5.73 Å². The topological polar surface area (TPSA) is 68.0 Å². The molecule has 3 N–H and O–H groups in total. The summed E-state index contributed by atoms with van der Waals surface area (Å²) in [6.45, 7) is 1.56. The fraction of sp³-hybridized carbons (Fsp3) is 0.250. The second kappa shape index (κ2) is 3.95. The highest BCUT2D eigenvalue weighted by atomic mass is 19.1. The molecule has 1 amide bonds. The number of nitrogens with two attached hydrogens (primary N) is 1. The molecule has 70 valence electrons. The van der Waals surface area contributed by atoms with Gasteiger partial charge in [0.1, 0.15) is 0 Å². The highest BCUT2D eigenvalue weighted by Gasteiger charge is 2.06. The minimum atomic E-state index is -0.593. The van der Waals surface area contributed by atoms with Crippen molar-refractivity contribution in [2.45, 2.75) is 13.0 Å². The van der Waals surface area contributed by atoms with E-state index in [1.54, 1.807) is 6.92 Å². The number of hydrogen-bond donors (Lipinski definition) is 2. The highest BCUT2D eigenvalue weighted by molar-refractivity contribution is 5.94. The summed E-state index contributed by atoms with van der Waals surface area (Å²) >= 11 is 0. The minimum absolute atomic E-state index is 0.326. The maximum absolute atomic E-state index is 12.3. The lowest BCUT2D eigenvalue weighted by Gasteiger charge is -2.06. The number of amides is 1. The zero-order valence-electron chi connectivity index (χ0n) is 7.12. The Hall–Kier alpha value is -1.49. The Morgan fingerprint density at radius 1 is 1.69 bits per heavy atom. The number of rotatable bonds is 2. The molecule has 0 saturated heterocycles. The number of halogens is 1. The molecule has 0 saturated carbocycles. The molecule has 0 aliphatic heterocycles. The second-order valence-electron chi connectivity index (χ2n) is 2.65. The quantitative estimate of drug-likeness (QED) is 0.656. The number of nitrogens with zero attached hydrogens (tertiary/aromatic N) is 1. The van der Waals surface area contributed by atoms with Gasteiger partial charge in [0.25, 0.3) is 0 Å². The summed E-state index contributed by atoms with van der Waals surface area (Å²) in [5.41, 5.74) is 5.74. The molecule has 0 unspecified atom stereocenters. The molecule has 0 aliphatic carbocycles. The van der Waals surface area contributed by atoms with Gasteiger partial charge in [-0.2, -0.15) is 4.39 Å². The van der Waals surface area contributed by atoms with Crippen molar-refractivity contribution in [1.82, 2.24) is 4.98 Å². The van der Waals surface area contributed by atoms with E-state index >= 15 is 0 Å². The van der Waals surface area contributed by atoms with Crippen LogP contribution in [0.3, 0.4) is 0 Å². The number of carbonyl (C=O) groups is 1. The largest absolute Gasteiger partial charge is 0.323 e. The standard InChI is InChI=1S/C8H10FN3O/c1-5(10)8(13)12-6-2-3-7(9)11-4-6/h2-5H,10H2,1H3,(H,12,13)/t5-/m0/s1. The van der Waals surface area contributed by atoms with Gasteiger partial charge >= 0.3 is 0 Å². The van der Waals surface area contributed by atoms with Crippen molar-refractivity contribution in [3.8, 4) is 0 Å². The van der Waals surface area contributed by atoms with Crippen LogP contribution in [-0.4, -0.2) is 16.9 Å². The molecular formula is C8H10FN3O. The monoisotopic (exact) mass is 183 g/mol. The van der Waals surface area contributed by atoms with Crippen molar-refractivity contribution in [1.29, 1.82) is 0 Å². The third-order valence-electron chi connectivity index (χ3n) is 1.41. The lowest BCUT2D eigenvalue weighted by molar-refractivity contribution is -0.117. The molecule has 1 aromatic heterocycles. The molecule has 0 aliphatic rings. The van der Waals surface area contributed by atoms with Gasteiger partial charge in [0.15, 0.2) is 0 Å². The molecule has 1 atom stereocenters. The maximum atomic E-state index is 12.3. The molecule has 4 nitrogen and oxygen atoms in total. The predicted molar refractivity (Wildman–Crippen MR) is 46.5 cm³/mol. The van der Waals surface area contributed by atoms with Crippen LogP contribution >= 0.6 is 0 Å². The van der Waals surface area contributed by atoms with Crippen LogP contribution in [0.25, 0.3) is 0 Å². The smallest absolute Gasteiger partial charge is 0.241 e. The molecule has 1 aromatic rings. The number of pyridine rings is 1. The summed E-state index contributed by atoms with van der Waals surface area (Å²) in [6, 6.07) is 1.99. The van der Waals surface area contributed by atoms with E-state index < -0.39 is 12.0 Å².